The lowest BCUT2D eigenvalue weighted by atomic mass is 10.1. The van der Waals surface area contributed by atoms with E-state index in [9.17, 15) is 0 Å². The number of nitrogens with one attached hydrogen (secondary N) is 2. The first-order valence-corrected chi connectivity index (χ1v) is 9.75. The maximum atomic E-state index is 5.42. The molecule has 0 radical (unpaired) electrons. The lowest BCUT2D eigenvalue weighted by molar-refractivity contribution is 0.232. The SMILES string of the molecule is CCNC(=NCc1cc(OC)c(OC)c(OC)c1)NCCN1CCCCC1. The lowest BCUT2D eigenvalue weighted by Gasteiger charge is -2.26. The lowest BCUT2D eigenvalue weighted by Crippen LogP contribution is -2.42. The molecule has 2 rings (SSSR count). The molecule has 7 nitrogen and oxygen atoms in total. The third kappa shape index (κ3) is 6.50. The van der Waals surface area contributed by atoms with Gasteiger partial charge in [0.1, 0.15) is 0 Å². The molecule has 0 aromatic heterocycles. The van der Waals surface area contributed by atoms with Gasteiger partial charge in [-0.3, -0.25) is 0 Å². The van der Waals surface area contributed by atoms with Crippen molar-refractivity contribution in [1.29, 1.82) is 0 Å². The third-order valence-electron chi connectivity index (χ3n) is 4.66. The second kappa shape index (κ2) is 11.5. The number of ether oxygens (including phenoxy) is 3. The first-order chi connectivity index (χ1) is 13.2. The number of piperidine rings is 1. The van der Waals surface area contributed by atoms with Crippen LogP contribution in [0, 0.1) is 0 Å². The predicted molar refractivity (Wildman–Crippen MR) is 109 cm³/mol. The van der Waals surface area contributed by atoms with E-state index in [-0.39, 0.29) is 0 Å². The molecule has 1 aliphatic rings. The van der Waals surface area contributed by atoms with Gasteiger partial charge in [0.05, 0.1) is 27.9 Å². The number of benzene rings is 1. The Morgan fingerprint density at radius 3 is 2.22 bits per heavy atom. The summed E-state index contributed by atoms with van der Waals surface area (Å²) in [5.41, 5.74) is 0.998. The molecule has 1 aromatic carbocycles. The van der Waals surface area contributed by atoms with Crippen molar-refractivity contribution < 1.29 is 14.2 Å². The summed E-state index contributed by atoms with van der Waals surface area (Å²) in [4.78, 5) is 7.21. The largest absolute Gasteiger partial charge is 0.493 e. The van der Waals surface area contributed by atoms with E-state index in [1.165, 1.54) is 32.4 Å². The molecule has 27 heavy (non-hydrogen) atoms. The molecule has 0 atom stereocenters. The van der Waals surface area contributed by atoms with E-state index in [1.807, 2.05) is 12.1 Å². The molecule has 7 heteroatoms. The highest BCUT2D eigenvalue weighted by Crippen LogP contribution is 2.38. The maximum absolute atomic E-state index is 5.42. The number of rotatable bonds is 9. The Morgan fingerprint density at radius 1 is 1.00 bits per heavy atom. The quantitative estimate of drug-likeness (QED) is 0.508. The minimum Gasteiger partial charge on any atom is -0.493 e. The number of hydrogen-bond acceptors (Lipinski definition) is 5. The van der Waals surface area contributed by atoms with Gasteiger partial charge in [-0.2, -0.15) is 0 Å². The number of guanidine groups is 1. The Balaban J connectivity index is 1.98. The second-order valence-electron chi connectivity index (χ2n) is 6.56. The van der Waals surface area contributed by atoms with Crippen LogP contribution >= 0.6 is 0 Å². The number of methoxy groups -OCH3 is 3. The molecule has 1 aromatic rings. The van der Waals surface area contributed by atoms with E-state index >= 15 is 0 Å². The second-order valence-corrected chi connectivity index (χ2v) is 6.56. The average Bonchev–Trinajstić information content (AvgIpc) is 2.71. The Kier molecular flexibility index (Phi) is 9.04. The van der Waals surface area contributed by atoms with Crippen LogP contribution in [-0.2, 0) is 6.54 Å². The summed E-state index contributed by atoms with van der Waals surface area (Å²) in [5, 5.41) is 6.73. The summed E-state index contributed by atoms with van der Waals surface area (Å²) >= 11 is 0. The van der Waals surface area contributed by atoms with Crippen LogP contribution in [0.2, 0.25) is 0 Å². The monoisotopic (exact) mass is 378 g/mol. The summed E-state index contributed by atoms with van der Waals surface area (Å²) in [5.74, 6) is 2.71. The standard InChI is InChI=1S/C20H34N4O3/c1-5-21-20(22-9-12-24-10-7-6-8-11-24)23-15-16-13-17(25-2)19(27-4)18(14-16)26-3/h13-14H,5-12,15H2,1-4H3,(H2,21,22,23). The topological polar surface area (TPSA) is 67.4 Å². The van der Waals surface area contributed by atoms with Crippen LogP contribution in [0.4, 0.5) is 0 Å². The zero-order valence-corrected chi connectivity index (χ0v) is 17.1. The first-order valence-electron chi connectivity index (χ1n) is 9.75. The van der Waals surface area contributed by atoms with Crippen molar-refractivity contribution in [1.82, 2.24) is 15.5 Å². The van der Waals surface area contributed by atoms with Crippen LogP contribution in [0.25, 0.3) is 0 Å². The van der Waals surface area contributed by atoms with Gasteiger partial charge in [0.2, 0.25) is 5.75 Å². The van der Waals surface area contributed by atoms with E-state index in [4.69, 9.17) is 19.2 Å². The van der Waals surface area contributed by atoms with Gasteiger partial charge in [-0.05, 0) is 50.6 Å². The molecule has 0 bridgehead atoms. The Hall–Kier alpha value is -2.15. The van der Waals surface area contributed by atoms with Crippen LogP contribution in [0.3, 0.4) is 0 Å². The molecular formula is C20H34N4O3. The van der Waals surface area contributed by atoms with Crippen LogP contribution in [0.1, 0.15) is 31.7 Å². The summed E-state index contributed by atoms with van der Waals surface area (Å²) in [6, 6.07) is 3.87. The van der Waals surface area contributed by atoms with E-state index < -0.39 is 0 Å². The van der Waals surface area contributed by atoms with E-state index in [2.05, 4.69) is 22.5 Å². The smallest absolute Gasteiger partial charge is 0.203 e. The van der Waals surface area contributed by atoms with Gasteiger partial charge in [0, 0.05) is 19.6 Å². The van der Waals surface area contributed by atoms with E-state index in [1.54, 1.807) is 21.3 Å². The van der Waals surface area contributed by atoms with Gasteiger partial charge >= 0.3 is 0 Å². The van der Waals surface area contributed by atoms with Gasteiger partial charge in [-0.1, -0.05) is 6.42 Å². The average molecular weight is 379 g/mol. The molecule has 1 saturated heterocycles. The Bertz CT molecular complexity index is 576. The molecule has 2 N–H and O–H groups in total. The zero-order valence-electron chi connectivity index (χ0n) is 17.1. The van der Waals surface area contributed by atoms with Gasteiger partial charge in [0.25, 0.3) is 0 Å². The van der Waals surface area contributed by atoms with E-state index in [0.29, 0.717) is 23.8 Å². The fraction of sp³-hybridized carbons (Fsp3) is 0.650. The van der Waals surface area contributed by atoms with Crippen molar-refractivity contribution in [3.63, 3.8) is 0 Å². The first kappa shape index (κ1) is 21.2. The van der Waals surface area contributed by atoms with Crippen LogP contribution in [-0.4, -0.2) is 64.9 Å². The highest BCUT2D eigenvalue weighted by atomic mass is 16.5. The van der Waals surface area contributed by atoms with Crippen molar-refractivity contribution in [2.75, 3.05) is 54.1 Å². The molecular weight excluding hydrogens is 344 g/mol. The molecule has 0 unspecified atom stereocenters. The number of hydrogen-bond donors (Lipinski definition) is 2. The number of likely N-dealkylation sites (tertiary alicyclic amines) is 1. The maximum Gasteiger partial charge on any atom is 0.203 e. The van der Waals surface area contributed by atoms with Gasteiger partial charge < -0.3 is 29.7 Å². The molecule has 1 fully saturated rings. The normalized spacial score (nSPS) is 15.3. The molecule has 0 aliphatic carbocycles. The molecule has 0 saturated carbocycles. The highest BCUT2D eigenvalue weighted by molar-refractivity contribution is 5.79. The number of nitrogens with zero attached hydrogens (tertiary/aromatic N) is 2. The number of aliphatic imine (C=N–C) groups is 1. The fourth-order valence-corrected chi connectivity index (χ4v) is 3.25. The summed E-state index contributed by atoms with van der Waals surface area (Å²) in [6.07, 6.45) is 3.99. The Labute approximate surface area is 163 Å². The van der Waals surface area contributed by atoms with E-state index in [0.717, 1.165) is 31.2 Å². The van der Waals surface area contributed by atoms with Gasteiger partial charge in [0.15, 0.2) is 17.5 Å². The van der Waals surface area contributed by atoms with Crippen molar-refractivity contribution in [3.05, 3.63) is 17.7 Å². The van der Waals surface area contributed by atoms with Crippen molar-refractivity contribution >= 4 is 5.96 Å². The van der Waals surface area contributed by atoms with Crippen LogP contribution in [0.5, 0.6) is 17.2 Å². The highest BCUT2D eigenvalue weighted by Gasteiger charge is 2.13. The predicted octanol–water partition coefficient (Wildman–Crippen LogP) is 2.25. The summed E-state index contributed by atoms with van der Waals surface area (Å²) in [7, 11) is 4.85. The summed E-state index contributed by atoms with van der Waals surface area (Å²) < 4.78 is 16.2. The van der Waals surface area contributed by atoms with Crippen molar-refractivity contribution in [3.8, 4) is 17.2 Å². The van der Waals surface area contributed by atoms with Crippen LogP contribution < -0.4 is 24.8 Å². The minimum atomic E-state index is 0.524. The van der Waals surface area contributed by atoms with Crippen LogP contribution in [0.15, 0.2) is 17.1 Å². The molecule has 0 amide bonds. The van der Waals surface area contributed by atoms with Gasteiger partial charge in [-0.15, -0.1) is 0 Å². The molecule has 0 spiro atoms. The zero-order chi connectivity index (χ0) is 19.5. The molecule has 1 heterocycles. The van der Waals surface area contributed by atoms with Crippen molar-refractivity contribution in [2.24, 2.45) is 4.99 Å². The fourth-order valence-electron chi connectivity index (χ4n) is 3.25. The molecule has 152 valence electrons. The Morgan fingerprint density at radius 2 is 1.67 bits per heavy atom. The van der Waals surface area contributed by atoms with Crippen molar-refractivity contribution in [2.45, 2.75) is 32.7 Å². The molecule has 1 aliphatic heterocycles. The minimum absolute atomic E-state index is 0.524. The van der Waals surface area contributed by atoms with Gasteiger partial charge in [-0.25, -0.2) is 4.99 Å². The summed E-state index contributed by atoms with van der Waals surface area (Å²) in [6.45, 7) is 7.78. The third-order valence-corrected chi connectivity index (χ3v) is 4.66.